The van der Waals surface area contributed by atoms with Crippen LogP contribution < -0.4 is 5.73 Å². The highest BCUT2D eigenvalue weighted by atomic mass is 35.5. The molecule has 0 saturated carbocycles. The Kier molecular flexibility index (Phi) is 8.63. The van der Waals surface area contributed by atoms with Gasteiger partial charge in [0, 0.05) is 26.2 Å². The fourth-order valence-electron chi connectivity index (χ4n) is 1.39. The van der Waals surface area contributed by atoms with Crippen LogP contribution in [0.4, 0.5) is 0 Å². The summed E-state index contributed by atoms with van der Waals surface area (Å²) in [4.78, 5) is 2.30. The summed E-state index contributed by atoms with van der Waals surface area (Å²) in [5.74, 6) is 0. The fraction of sp³-hybridized carbons (Fsp3) is 1.00. The smallest absolute Gasteiger partial charge is 0.0861 e. The summed E-state index contributed by atoms with van der Waals surface area (Å²) in [5, 5.41) is 0. The molecule has 12 heavy (non-hydrogen) atoms. The molecule has 1 rings (SSSR count). The molecule has 0 amide bonds. The van der Waals surface area contributed by atoms with Crippen molar-refractivity contribution in [1.82, 2.24) is 4.90 Å². The zero-order valence-electron chi connectivity index (χ0n) is 7.53. The van der Waals surface area contributed by atoms with Crippen LogP contribution in [0.1, 0.15) is 6.92 Å². The lowest BCUT2D eigenvalue weighted by atomic mass is 10.2. The number of hydrogen-bond acceptors (Lipinski definition) is 3. The van der Waals surface area contributed by atoms with Gasteiger partial charge < -0.3 is 10.5 Å². The van der Waals surface area contributed by atoms with Gasteiger partial charge in [-0.25, -0.2) is 0 Å². The molecule has 1 saturated heterocycles. The summed E-state index contributed by atoms with van der Waals surface area (Å²) in [5.41, 5.74) is 5.79. The molecule has 0 aromatic rings. The van der Waals surface area contributed by atoms with Crippen molar-refractivity contribution >= 4 is 24.8 Å². The monoisotopic (exact) mass is 216 g/mol. The molecule has 1 fully saturated rings. The zero-order chi connectivity index (χ0) is 7.56. The molecule has 3 nitrogen and oxygen atoms in total. The van der Waals surface area contributed by atoms with E-state index in [0.29, 0.717) is 0 Å². The van der Waals surface area contributed by atoms with Gasteiger partial charge in [-0.2, -0.15) is 0 Å². The first kappa shape index (κ1) is 15.0. The van der Waals surface area contributed by atoms with Crippen molar-refractivity contribution in [3.05, 3.63) is 0 Å². The van der Waals surface area contributed by atoms with Crippen LogP contribution in [0.5, 0.6) is 0 Å². The Bertz CT molecular complexity index is 116. The van der Waals surface area contributed by atoms with Gasteiger partial charge in [0.05, 0.1) is 6.10 Å². The van der Waals surface area contributed by atoms with E-state index in [1.54, 1.807) is 7.11 Å². The summed E-state index contributed by atoms with van der Waals surface area (Å²) in [7, 11) is 1.73. The second-order valence-electron chi connectivity index (χ2n) is 2.79. The van der Waals surface area contributed by atoms with Crippen molar-refractivity contribution in [3.63, 3.8) is 0 Å². The van der Waals surface area contributed by atoms with Crippen LogP contribution in [0.25, 0.3) is 0 Å². The van der Waals surface area contributed by atoms with E-state index in [0.717, 1.165) is 19.6 Å². The summed E-state index contributed by atoms with van der Waals surface area (Å²) in [6, 6.07) is 0.213. The molecule has 0 aromatic heterocycles. The lowest BCUT2D eigenvalue weighted by Crippen LogP contribution is -2.34. The van der Waals surface area contributed by atoms with Gasteiger partial charge in [-0.3, -0.25) is 4.90 Å². The maximum Gasteiger partial charge on any atom is 0.0861 e. The van der Waals surface area contributed by atoms with E-state index < -0.39 is 0 Å². The second kappa shape index (κ2) is 6.92. The number of nitrogens with two attached hydrogens (primary N) is 1. The summed E-state index contributed by atoms with van der Waals surface area (Å²) in [6.07, 6.45) is 0.250. The minimum Gasteiger partial charge on any atom is -0.378 e. The number of rotatable bonds is 2. The van der Waals surface area contributed by atoms with E-state index in [1.165, 1.54) is 0 Å². The third-order valence-electron chi connectivity index (χ3n) is 2.13. The van der Waals surface area contributed by atoms with Crippen molar-refractivity contribution in [2.75, 3.05) is 26.7 Å². The number of hydrogen-bond donors (Lipinski definition) is 1. The van der Waals surface area contributed by atoms with Gasteiger partial charge >= 0.3 is 0 Å². The van der Waals surface area contributed by atoms with Crippen LogP contribution in [-0.4, -0.2) is 43.8 Å². The van der Waals surface area contributed by atoms with E-state index in [1.807, 2.05) is 0 Å². The summed E-state index contributed by atoms with van der Waals surface area (Å²) in [6.45, 7) is 5.20. The minimum absolute atomic E-state index is 0. The molecule has 0 spiro atoms. The first-order valence-corrected chi connectivity index (χ1v) is 3.78. The molecule has 0 unspecified atom stereocenters. The number of ether oxygens (including phenoxy) is 1. The van der Waals surface area contributed by atoms with Gasteiger partial charge in [0.25, 0.3) is 0 Å². The van der Waals surface area contributed by atoms with Crippen LogP contribution >= 0.6 is 24.8 Å². The lowest BCUT2D eigenvalue weighted by Gasteiger charge is -2.11. The molecule has 2 N–H and O–H groups in total. The fourth-order valence-corrected chi connectivity index (χ4v) is 1.39. The van der Waals surface area contributed by atoms with Crippen LogP contribution in [-0.2, 0) is 4.74 Å². The molecule has 76 valence electrons. The molecule has 1 aliphatic heterocycles. The number of likely N-dealkylation sites (tertiary alicyclic amines) is 1. The van der Waals surface area contributed by atoms with Crippen molar-refractivity contribution < 1.29 is 4.74 Å². The highest BCUT2D eigenvalue weighted by Crippen LogP contribution is 2.09. The maximum absolute atomic E-state index is 5.79. The molecular weight excluding hydrogens is 199 g/mol. The van der Waals surface area contributed by atoms with E-state index in [9.17, 15) is 0 Å². The number of halogens is 2. The Morgan fingerprint density at radius 1 is 1.42 bits per heavy atom. The molecule has 2 atom stereocenters. The van der Waals surface area contributed by atoms with Gasteiger partial charge in [0.2, 0.25) is 0 Å². The van der Waals surface area contributed by atoms with Crippen molar-refractivity contribution in [1.29, 1.82) is 0 Å². The topological polar surface area (TPSA) is 38.5 Å². The summed E-state index contributed by atoms with van der Waals surface area (Å²) < 4.78 is 5.19. The third-order valence-corrected chi connectivity index (χ3v) is 2.13. The van der Waals surface area contributed by atoms with E-state index in [2.05, 4.69) is 11.8 Å². The van der Waals surface area contributed by atoms with Gasteiger partial charge in [-0.05, 0) is 6.54 Å². The standard InChI is InChI=1S/C7H16N2O.2ClH/c1-3-9-4-6(8)7(5-9)10-2;;/h6-7H,3-5,8H2,1-2H3;2*1H/t6-,7-;;/m0../s1. The van der Waals surface area contributed by atoms with Gasteiger partial charge in [-0.1, -0.05) is 6.92 Å². The van der Waals surface area contributed by atoms with Crippen molar-refractivity contribution in [2.24, 2.45) is 5.73 Å². The number of likely N-dealkylation sites (N-methyl/N-ethyl adjacent to an activating group) is 1. The Morgan fingerprint density at radius 3 is 2.25 bits per heavy atom. The molecule has 0 radical (unpaired) electrons. The second-order valence-corrected chi connectivity index (χ2v) is 2.79. The van der Waals surface area contributed by atoms with E-state index in [-0.39, 0.29) is 37.0 Å². The predicted octanol–water partition coefficient (Wildman–Crippen LogP) is 0.508. The average molecular weight is 217 g/mol. The molecular formula is C7H18Cl2N2O. The van der Waals surface area contributed by atoms with Crippen LogP contribution in [0.15, 0.2) is 0 Å². The number of nitrogens with zero attached hydrogens (tertiary/aromatic N) is 1. The van der Waals surface area contributed by atoms with Crippen LogP contribution in [0.2, 0.25) is 0 Å². The summed E-state index contributed by atoms with van der Waals surface area (Å²) >= 11 is 0. The van der Waals surface area contributed by atoms with Gasteiger partial charge in [-0.15, -0.1) is 24.8 Å². The molecule has 0 aliphatic carbocycles. The Morgan fingerprint density at radius 2 is 2.00 bits per heavy atom. The lowest BCUT2D eigenvalue weighted by molar-refractivity contribution is 0.0988. The zero-order valence-corrected chi connectivity index (χ0v) is 9.16. The normalized spacial score (nSPS) is 29.2. The van der Waals surface area contributed by atoms with Crippen LogP contribution in [0, 0.1) is 0 Å². The first-order chi connectivity index (χ1) is 4.77. The van der Waals surface area contributed by atoms with Crippen molar-refractivity contribution in [3.8, 4) is 0 Å². The molecule has 0 bridgehead atoms. The Labute approximate surface area is 86.4 Å². The highest BCUT2D eigenvalue weighted by molar-refractivity contribution is 5.85. The van der Waals surface area contributed by atoms with E-state index in [4.69, 9.17) is 10.5 Å². The van der Waals surface area contributed by atoms with Gasteiger partial charge in [0.1, 0.15) is 0 Å². The van der Waals surface area contributed by atoms with E-state index >= 15 is 0 Å². The largest absolute Gasteiger partial charge is 0.378 e. The molecule has 5 heteroatoms. The average Bonchev–Trinajstić information content (AvgIpc) is 2.30. The van der Waals surface area contributed by atoms with Crippen LogP contribution in [0.3, 0.4) is 0 Å². The predicted molar refractivity (Wildman–Crippen MR) is 55.4 cm³/mol. The third kappa shape index (κ3) is 3.46. The molecule has 1 heterocycles. The van der Waals surface area contributed by atoms with Gasteiger partial charge in [0.15, 0.2) is 0 Å². The Hall–Kier alpha value is 0.460. The SMILES string of the molecule is CCN1C[C@H](OC)[C@@H](N)C1.Cl.Cl. The molecule has 1 aliphatic rings. The minimum atomic E-state index is 0. The maximum atomic E-state index is 5.79. The quantitative estimate of drug-likeness (QED) is 0.732. The van der Waals surface area contributed by atoms with Crippen molar-refractivity contribution in [2.45, 2.75) is 19.1 Å². The highest BCUT2D eigenvalue weighted by Gasteiger charge is 2.28. The Balaban J connectivity index is 0. The first-order valence-electron chi connectivity index (χ1n) is 3.78. The number of methoxy groups -OCH3 is 1. The molecule has 0 aromatic carbocycles.